The third-order valence-corrected chi connectivity index (χ3v) is 4.58. The largest absolute Gasteiger partial charge is 0.483 e. The molecular formula is C24H24N2O3. The second-order valence-corrected chi connectivity index (χ2v) is 6.80. The summed E-state index contributed by atoms with van der Waals surface area (Å²) in [6.07, 6.45) is 0. The number of benzene rings is 3. The molecule has 0 unspecified atom stereocenters. The van der Waals surface area contributed by atoms with Crippen molar-refractivity contribution in [3.63, 3.8) is 0 Å². The smallest absolute Gasteiger partial charge is 0.262 e. The van der Waals surface area contributed by atoms with Crippen molar-refractivity contribution in [1.82, 2.24) is 5.32 Å². The van der Waals surface area contributed by atoms with E-state index < -0.39 is 0 Å². The first kappa shape index (κ1) is 20.1. The fourth-order valence-electron chi connectivity index (χ4n) is 2.81. The summed E-state index contributed by atoms with van der Waals surface area (Å²) < 4.78 is 5.63. The summed E-state index contributed by atoms with van der Waals surface area (Å²) in [5.41, 5.74) is 4.38. The lowest BCUT2D eigenvalue weighted by molar-refractivity contribution is -0.118. The summed E-state index contributed by atoms with van der Waals surface area (Å²) in [5.74, 6) is -0.167. The summed E-state index contributed by atoms with van der Waals surface area (Å²) in [4.78, 5) is 24.8. The van der Waals surface area contributed by atoms with Crippen LogP contribution in [0.4, 0.5) is 5.69 Å². The summed E-state index contributed by atoms with van der Waals surface area (Å²) in [6.45, 7) is 4.24. The van der Waals surface area contributed by atoms with Gasteiger partial charge in [-0.3, -0.25) is 9.59 Å². The Bertz CT molecular complexity index is 1000. The van der Waals surface area contributed by atoms with E-state index >= 15 is 0 Å². The van der Waals surface area contributed by atoms with Crippen LogP contribution in [0.1, 0.15) is 27.0 Å². The second kappa shape index (κ2) is 9.55. The number of hydrogen-bond acceptors (Lipinski definition) is 3. The van der Waals surface area contributed by atoms with Gasteiger partial charge in [0.25, 0.3) is 11.8 Å². The Morgan fingerprint density at radius 3 is 2.34 bits per heavy atom. The summed E-state index contributed by atoms with van der Waals surface area (Å²) in [5, 5.41) is 5.69. The highest BCUT2D eigenvalue weighted by Gasteiger charge is 2.13. The average Bonchev–Trinajstić information content (AvgIpc) is 2.74. The minimum atomic E-state index is -0.284. The van der Waals surface area contributed by atoms with Crippen molar-refractivity contribution in [2.45, 2.75) is 20.4 Å². The lowest BCUT2D eigenvalue weighted by Crippen LogP contribution is -2.25. The van der Waals surface area contributed by atoms with Crippen LogP contribution in [0.25, 0.3) is 0 Å². The van der Waals surface area contributed by atoms with Gasteiger partial charge in [-0.05, 0) is 54.8 Å². The van der Waals surface area contributed by atoms with E-state index in [1.807, 2.05) is 62.4 Å². The first-order valence-corrected chi connectivity index (χ1v) is 9.44. The number of carbonyl (C=O) groups is 2. The molecule has 0 aliphatic carbocycles. The van der Waals surface area contributed by atoms with Gasteiger partial charge in [0, 0.05) is 12.2 Å². The molecule has 5 heteroatoms. The highest BCUT2D eigenvalue weighted by molar-refractivity contribution is 5.97. The zero-order chi connectivity index (χ0) is 20.6. The number of aryl methyl sites for hydroxylation is 2. The van der Waals surface area contributed by atoms with E-state index in [0.717, 1.165) is 22.4 Å². The minimum absolute atomic E-state index is 0.185. The van der Waals surface area contributed by atoms with Crippen molar-refractivity contribution in [2.75, 3.05) is 11.9 Å². The van der Waals surface area contributed by atoms with Crippen molar-refractivity contribution in [1.29, 1.82) is 0 Å². The highest BCUT2D eigenvalue weighted by Crippen LogP contribution is 2.19. The molecular weight excluding hydrogens is 364 g/mol. The molecule has 0 bridgehead atoms. The number of hydrogen-bond donors (Lipinski definition) is 2. The molecule has 0 saturated heterocycles. The molecule has 0 radical (unpaired) electrons. The number of ether oxygens (including phenoxy) is 1. The molecule has 0 aromatic heterocycles. The molecule has 148 valence electrons. The van der Waals surface area contributed by atoms with E-state index in [2.05, 4.69) is 10.6 Å². The molecule has 0 aliphatic heterocycles. The summed E-state index contributed by atoms with van der Waals surface area (Å²) in [6, 6.07) is 22.3. The van der Waals surface area contributed by atoms with Gasteiger partial charge in [0.05, 0.1) is 5.56 Å². The van der Waals surface area contributed by atoms with E-state index in [1.165, 1.54) is 0 Å². The molecule has 0 fully saturated rings. The van der Waals surface area contributed by atoms with Crippen LogP contribution in [0.5, 0.6) is 5.75 Å². The molecule has 0 spiro atoms. The van der Waals surface area contributed by atoms with Gasteiger partial charge in [-0.15, -0.1) is 0 Å². The third kappa shape index (κ3) is 5.69. The number of anilines is 1. The van der Waals surface area contributed by atoms with Crippen LogP contribution in [0.15, 0.2) is 72.8 Å². The van der Waals surface area contributed by atoms with Crippen LogP contribution >= 0.6 is 0 Å². The maximum atomic E-state index is 12.6. The monoisotopic (exact) mass is 388 g/mol. The zero-order valence-electron chi connectivity index (χ0n) is 16.6. The van der Waals surface area contributed by atoms with E-state index in [0.29, 0.717) is 17.9 Å². The minimum Gasteiger partial charge on any atom is -0.483 e. The lowest BCUT2D eigenvalue weighted by Gasteiger charge is -2.12. The van der Waals surface area contributed by atoms with Gasteiger partial charge in [-0.25, -0.2) is 0 Å². The van der Waals surface area contributed by atoms with Crippen molar-refractivity contribution in [3.05, 3.63) is 95.1 Å². The molecule has 0 heterocycles. The highest BCUT2D eigenvalue weighted by atomic mass is 16.5. The number of nitrogens with one attached hydrogen (secondary N) is 2. The van der Waals surface area contributed by atoms with Crippen molar-refractivity contribution in [3.8, 4) is 5.75 Å². The van der Waals surface area contributed by atoms with Crippen LogP contribution < -0.4 is 15.4 Å². The van der Waals surface area contributed by atoms with E-state index in [1.54, 1.807) is 24.3 Å². The molecule has 0 aliphatic rings. The number of para-hydroxylation sites is 1. The van der Waals surface area contributed by atoms with Crippen LogP contribution in [0.2, 0.25) is 0 Å². The van der Waals surface area contributed by atoms with Crippen molar-refractivity contribution >= 4 is 17.5 Å². The first-order chi connectivity index (χ1) is 14.0. The molecule has 5 nitrogen and oxygen atoms in total. The predicted molar refractivity (Wildman–Crippen MR) is 114 cm³/mol. The average molecular weight is 388 g/mol. The van der Waals surface area contributed by atoms with Gasteiger partial charge in [-0.1, -0.05) is 48.5 Å². The zero-order valence-corrected chi connectivity index (χ0v) is 16.6. The van der Waals surface area contributed by atoms with Crippen LogP contribution in [-0.2, 0) is 11.3 Å². The maximum absolute atomic E-state index is 12.6. The SMILES string of the molecule is Cc1ccc(NC(=O)COc2ccccc2C(=O)NCc2ccccc2)cc1C. The van der Waals surface area contributed by atoms with Crippen LogP contribution in [-0.4, -0.2) is 18.4 Å². The normalized spacial score (nSPS) is 10.3. The number of amides is 2. The van der Waals surface area contributed by atoms with Gasteiger partial charge in [0.2, 0.25) is 0 Å². The van der Waals surface area contributed by atoms with Gasteiger partial charge in [0.15, 0.2) is 6.61 Å². The molecule has 29 heavy (non-hydrogen) atoms. The number of carbonyl (C=O) groups excluding carboxylic acids is 2. The Morgan fingerprint density at radius 2 is 1.59 bits per heavy atom. The fourth-order valence-corrected chi connectivity index (χ4v) is 2.81. The Labute approximate surface area is 170 Å². The van der Waals surface area contributed by atoms with Gasteiger partial charge >= 0.3 is 0 Å². The Balaban J connectivity index is 1.58. The quantitative estimate of drug-likeness (QED) is 0.636. The van der Waals surface area contributed by atoms with E-state index in [-0.39, 0.29) is 18.4 Å². The van der Waals surface area contributed by atoms with Crippen molar-refractivity contribution in [2.24, 2.45) is 0 Å². The predicted octanol–water partition coefficient (Wildman–Crippen LogP) is 4.25. The van der Waals surface area contributed by atoms with Gasteiger partial charge < -0.3 is 15.4 Å². The standard InChI is InChI=1S/C24H24N2O3/c1-17-12-13-20(14-18(17)2)26-23(27)16-29-22-11-7-6-10-21(22)24(28)25-15-19-8-4-3-5-9-19/h3-14H,15-16H2,1-2H3,(H,25,28)(H,26,27). The second-order valence-electron chi connectivity index (χ2n) is 6.80. The van der Waals surface area contributed by atoms with Crippen LogP contribution in [0.3, 0.4) is 0 Å². The molecule has 2 N–H and O–H groups in total. The molecule has 2 amide bonds. The summed E-state index contributed by atoms with van der Waals surface area (Å²) in [7, 11) is 0. The Morgan fingerprint density at radius 1 is 0.862 bits per heavy atom. The topological polar surface area (TPSA) is 67.4 Å². The molecule has 3 rings (SSSR count). The fraction of sp³-hybridized carbons (Fsp3) is 0.167. The third-order valence-electron chi connectivity index (χ3n) is 4.58. The van der Waals surface area contributed by atoms with E-state index in [9.17, 15) is 9.59 Å². The lowest BCUT2D eigenvalue weighted by atomic mass is 10.1. The Kier molecular flexibility index (Phi) is 6.63. The van der Waals surface area contributed by atoms with Crippen molar-refractivity contribution < 1.29 is 14.3 Å². The maximum Gasteiger partial charge on any atom is 0.262 e. The van der Waals surface area contributed by atoms with Gasteiger partial charge in [0.1, 0.15) is 5.75 Å². The van der Waals surface area contributed by atoms with Gasteiger partial charge in [-0.2, -0.15) is 0 Å². The molecule has 0 saturated carbocycles. The molecule has 3 aromatic rings. The molecule has 3 aromatic carbocycles. The number of rotatable bonds is 7. The Hall–Kier alpha value is -3.60. The summed E-state index contributed by atoms with van der Waals surface area (Å²) >= 11 is 0. The molecule has 0 atom stereocenters. The van der Waals surface area contributed by atoms with E-state index in [4.69, 9.17) is 4.74 Å². The van der Waals surface area contributed by atoms with Crippen LogP contribution in [0, 0.1) is 13.8 Å². The first-order valence-electron chi connectivity index (χ1n) is 9.44.